The fourth-order valence-corrected chi connectivity index (χ4v) is 1.55. The summed E-state index contributed by atoms with van der Waals surface area (Å²) < 4.78 is 1.88. The summed E-state index contributed by atoms with van der Waals surface area (Å²) in [5.74, 6) is 0.954. The zero-order valence-corrected chi connectivity index (χ0v) is 8.72. The standard InChI is InChI=1S/C11H14N4/c1-2-15-11(13-8-14-15)7-9-5-3-4-6-10(9)12/h3-6,8H,2,7,12H2,1H3. The average molecular weight is 202 g/mol. The van der Waals surface area contributed by atoms with Crippen molar-refractivity contribution in [2.75, 3.05) is 5.73 Å². The molecular weight excluding hydrogens is 188 g/mol. The van der Waals surface area contributed by atoms with Gasteiger partial charge in [-0.1, -0.05) is 18.2 Å². The number of rotatable bonds is 3. The van der Waals surface area contributed by atoms with Gasteiger partial charge in [-0.3, -0.25) is 4.68 Å². The average Bonchev–Trinajstić information content (AvgIpc) is 2.69. The molecule has 0 spiro atoms. The van der Waals surface area contributed by atoms with E-state index in [2.05, 4.69) is 10.1 Å². The number of nitrogens with two attached hydrogens (primary N) is 1. The van der Waals surface area contributed by atoms with Crippen LogP contribution in [0, 0.1) is 0 Å². The first-order valence-corrected chi connectivity index (χ1v) is 5.01. The predicted octanol–water partition coefficient (Wildman–Crippen LogP) is 1.47. The Hall–Kier alpha value is -1.84. The monoisotopic (exact) mass is 202 g/mol. The molecule has 15 heavy (non-hydrogen) atoms. The second-order valence-electron chi connectivity index (χ2n) is 3.37. The van der Waals surface area contributed by atoms with Gasteiger partial charge in [-0.15, -0.1) is 0 Å². The highest BCUT2D eigenvalue weighted by Gasteiger charge is 2.05. The third-order valence-corrected chi connectivity index (χ3v) is 2.40. The van der Waals surface area contributed by atoms with Gasteiger partial charge in [0.2, 0.25) is 0 Å². The first-order valence-electron chi connectivity index (χ1n) is 5.01. The molecule has 4 nitrogen and oxygen atoms in total. The van der Waals surface area contributed by atoms with Crippen molar-refractivity contribution in [2.45, 2.75) is 19.9 Å². The van der Waals surface area contributed by atoms with Crippen LogP contribution in [0.25, 0.3) is 0 Å². The topological polar surface area (TPSA) is 56.7 Å². The van der Waals surface area contributed by atoms with Crippen LogP contribution in [0.5, 0.6) is 0 Å². The Morgan fingerprint density at radius 3 is 2.87 bits per heavy atom. The molecule has 4 heteroatoms. The van der Waals surface area contributed by atoms with Gasteiger partial charge in [0, 0.05) is 18.7 Å². The summed E-state index contributed by atoms with van der Waals surface area (Å²) in [5.41, 5.74) is 7.78. The fourth-order valence-electron chi connectivity index (χ4n) is 1.55. The smallest absolute Gasteiger partial charge is 0.138 e. The van der Waals surface area contributed by atoms with Crippen LogP contribution in [0.1, 0.15) is 18.3 Å². The van der Waals surface area contributed by atoms with E-state index in [4.69, 9.17) is 5.73 Å². The van der Waals surface area contributed by atoms with Crippen molar-refractivity contribution in [2.24, 2.45) is 0 Å². The molecule has 0 saturated heterocycles. The Kier molecular flexibility index (Phi) is 2.67. The quantitative estimate of drug-likeness (QED) is 0.767. The first-order chi connectivity index (χ1) is 7.31. The lowest BCUT2D eigenvalue weighted by molar-refractivity contribution is 0.624. The molecule has 2 rings (SSSR count). The summed E-state index contributed by atoms with van der Waals surface area (Å²) >= 11 is 0. The predicted molar refractivity (Wildman–Crippen MR) is 59.4 cm³/mol. The van der Waals surface area contributed by atoms with Gasteiger partial charge in [-0.25, -0.2) is 4.98 Å². The number of aromatic nitrogens is 3. The Morgan fingerprint density at radius 1 is 1.33 bits per heavy atom. The molecule has 2 N–H and O–H groups in total. The second-order valence-corrected chi connectivity index (χ2v) is 3.37. The number of hydrogen-bond donors (Lipinski definition) is 1. The first kappa shape index (κ1) is 9.71. The van der Waals surface area contributed by atoms with Crippen molar-refractivity contribution in [1.82, 2.24) is 14.8 Å². The van der Waals surface area contributed by atoms with Crippen LogP contribution in [0.15, 0.2) is 30.6 Å². The zero-order valence-electron chi connectivity index (χ0n) is 8.72. The molecule has 0 radical (unpaired) electrons. The van der Waals surface area contributed by atoms with Crippen LogP contribution < -0.4 is 5.73 Å². The number of nitrogen functional groups attached to an aromatic ring is 1. The normalized spacial score (nSPS) is 10.5. The molecule has 1 aromatic heterocycles. The highest BCUT2D eigenvalue weighted by molar-refractivity contribution is 5.47. The maximum absolute atomic E-state index is 5.87. The van der Waals surface area contributed by atoms with E-state index in [1.165, 1.54) is 0 Å². The molecule has 1 aromatic carbocycles. The lowest BCUT2D eigenvalue weighted by Crippen LogP contribution is -2.05. The molecule has 0 amide bonds. The van der Waals surface area contributed by atoms with Gasteiger partial charge in [0.25, 0.3) is 0 Å². The second kappa shape index (κ2) is 4.13. The molecule has 0 saturated carbocycles. The Labute approximate surface area is 88.8 Å². The summed E-state index contributed by atoms with van der Waals surface area (Å²) in [6.07, 6.45) is 2.32. The lowest BCUT2D eigenvalue weighted by Gasteiger charge is -2.05. The minimum absolute atomic E-state index is 0.737. The van der Waals surface area contributed by atoms with Crippen LogP contribution in [0.4, 0.5) is 5.69 Å². The summed E-state index contributed by atoms with van der Waals surface area (Å²) in [4.78, 5) is 4.22. The highest BCUT2D eigenvalue weighted by Crippen LogP contribution is 2.14. The molecule has 0 unspecified atom stereocenters. The van der Waals surface area contributed by atoms with Crippen LogP contribution in [0.2, 0.25) is 0 Å². The molecule has 0 aliphatic heterocycles. The molecule has 0 bridgehead atoms. The van der Waals surface area contributed by atoms with Gasteiger partial charge in [-0.05, 0) is 18.6 Å². The minimum Gasteiger partial charge on any atom is -0.398 e. The Morgan fingerprint density at radius 2 is 2.13 bits per heavy atom. The molecule has 0 atom stereocenters. The van der Waals surface area contributed by atoms with E-state index in [0.717, 1.165) is 30.0 Å². The molecule has 1 heterocycles. The van der Waals surface area contributed by atoms with E-state index in [1.54, 1.807) is 6.33 Å². The maximum atomic E-state index is 5.87. The lowest BCUT2D eigenvalue weighted by atomic mass is 10.1. The fraction of sp³-hybridized carbons (Fsp3) is 0.273. The maximum Gasteiger partial charge on any atom is 0.138 e. The van der Waals surface area contributed by atoms with E-state index in [9.17, 15) is 0 Å². The van der Waals surface area contributed by atoms with Gasteiger partial charge in [-0.2, -0.15) is 5.10 Å². The summed E-state index contributed by atoms with van der Waals surface area (Å²) in [6, 6.07) is 7.84. The van der Waals surface area contributed by atoms with E-state index in [0.29, 0.717) is 0 Å². The number of aryl methyl sites for hydroxylation is 1. The Balaban J connectivity index is 2.26. The number of nitrogens with zero attached hydrogens (tertiary/aromatic N) is 3. The van der Waals surface area contributed by atoms with Crippen molar-refractivity contribution in [3.05, 3.63) is 42.0 Å². The van der Waals surface area contributed by atoms with Crippen molar-refractivity contribution in [3.63, 3.8) is 0 Å². The largest absolute Gasteiger partial charge is 0.398 e. The van der Waals surface area contributed by atoms with E-state index >= 15 is 0 Å². The van der Waals surface area contributed by atoms with Gasteiger partial charge in [0.05, 0.1) is 0 Å². The molecule has 0 fully saturated rings. The highest BCUT2D eigenvalue weighted by atomic mass is 15.3. The van der Waals surface area contributed by atoms with E-state index in [1.807, 2.05) is 35.9 Å². The van der Waals surface area contributed by atoms with Gasteiger partial charge in [0.1, 0.15) is 12.2 Å². The van der Waals surface area contributed by atoms with Crippen molar-refractivity contribution < 1.29 is 0 Å². The summed E-state index contributed by atoms with van der Waals surface area (Å²) in [5, 5.41) is 4.13. The minimum atomic E-state index is 0.737. The Bertz CT molecular complexity index is 447. The number of anilines is 1. The third-order valence-electron chi connectivity index (χ3n) is 2.40. The van der Waals surface area contributed by atoms with Gasteiger partial charge >= 0.3 is 0 Å². The van der Waals surface area contributed by atoms with Crippen LogP contribution in [-0.4, -0.2) is 14.8 Å². The van der Waals surface area contributed by atoms with Crippen LogP contribution in [0.3, 0.4) is 0 Å². The molecule has 78 valence electrons. The summed E-state index contributed by atoms with van der Waals surface area (Å²) in [6.45, 7) is 2.88. The van der Waals surface area contributed by atoms with Gasteiger partial charge in [0.15, 0.2) is 0 Å². The van der Waals surface area contributed by atoms with Crippen molar-refractivity contribution >= 4 is 5.69 Å². The number of para-hydroxylation sites is 1. The van der Waals surface area contributed by atoms with Crippen molar-refractivity contribution in [3.8, 4) is 0 Å². The van der Waals surface area contributed by atoms with E-state index in [-0.39, 0.29) is 0 Å². The third kappa shape index (κ3) is 1.98. The number of hydrogen-bond acceptors (Lipinski definition) is 3. The molecule has 0 aliphatic rings. The van der Waals surface area contributed by atoms with E-state index < -0.39 is 0 Å². The summed E-state index contributed by atoms with van der Waals surface area (Å²) in [7, 11) is 0. The van der Waals surface area contributed by atoms with Crippen LogP contribution >= 0.6 is 0 Å². The molecule has 2 aromatic rings. The van der Waals surface area contributed by atoms with Crippen molar-refractivity contribution in [1.29, 1.82) is 0 Å². The SMILES string of the molecule is CCn1ncnc1Cc1ccccc1N. The van der Waals surface area contributed by atoms with Gasteiger partial charge < -0.3 is 5.73 Å². The zero-order chi connectivity index (χ0) is 10.7. The number of benzene rings is 1. The van der Waals surface area contributed by atoms with Crippen LogP contribution in [-0.2, 0) is 13.0 Å². The molecule has 0 aliphatic carbocycles. The molecular formula is C11H14N4.